The van der Waals surface area contributed by atoms with E-state index in [2.05, 4.69) is 22.3 Å². The Morgan fingerprint density at radius 1 is 0.767 bits per heavy atom. The largest absolute Gasteiger partial charge is 2.00 e. The molecule has 0 saturated heterocycles. The van der Waals surface area contributed by atoms with Crippen LogP contribution in [-0.2, 0) is 26.5 Å². The van der Waals surface area contributed by atoms with Crippen LogP contribution in [-0.4, -0.2) is 19.6 Å². The first-order valence-corrected chi connectivity index (χ1v) is 8.62. The van der Waals surface area contributed by atoms with E-state index >= 15 is 0 Å². The van der Waals surface area contributed by atoms with Crippen molar-refractivity contribution >= 4 is 0 Å². The summed E-state index contributed by atoms with van der Waals surface area (Å²) in [5.41, 5.74) is 0.375. The molecule has 0 saturated carbocycles. The summed E-state index contributed by atoms with van der Waals surface area (Å²) in [5, 5.41) is 8.74. The molecule has 2 aromatic carbocycles. The van der Waals surface area contributed by atoms with Crippen LogP contribution in [0.25, 0.3) is 11.4 Å². The Balaban J connectivity index is 0.00000256. The minimum Gasteiger partial charge on any atom is -0.284 e. The number of halogens is 4. The van der Waals surface area contributed by atoms with Crippen molar-refractivity contribution in [2.75, 3.05) is 0 Å². The molecule has 0 aliphatic rings. The first-order chi connectivity index (χ1) is 13.8. The van der Waals surface area contributed by atoms with Gasteiger partial charge < -0.3 is 0 Å². The fraction of sp³-hybridized carbons (Fsp3) is 0.143. The van der Waals surface area contributed by atoms with E-state index in [0.717, 1.165) is 24.3 Å². The molecule has 0 aliphatic heterocycles. The van der Waals surface area contributed by atoms with Crippen molar-refractivity contribution in [1.29, 1.82) is 0 Å². The van der Waals surface area contributed by atoms with Crippen molar-refractivity contribution in [2.24, 2.45) is 0 Å². The Morgan fingerprint density at radius 3 is 1.53 bits per heavy atom. The SMILES string of the molecule is CC(C)(c1ccn(-c2[c-]cc(F)cc2F)n1)c1ccn(-c2[c-]cc(F)cc2F)n1.[Pt+2]. The molecule has 4 rings (SSSR count). The Labute approximate surface area is 184 Å². The van der Waals surface area contributed by atoms with E-state index in [1.54, 1.807) is 12.1 Å². The van der Waals surface area contributed by atoms with E-state index in [0.29, 0.717) is 11.4 Å². The van der Waals surface area contributed by atoms with Crippen LogP contribution in [0.15, 0.2) is 48.8 Å². The maximum absolute atomic E-state index is 14.0. The van der Waals surface area contributed by atoms with Gasteiger partial charge in [0, 0.05) is 35.7 Å². The molecule has 156 valence electrons. The van der Waals surface area contributed by atoms with Gasteiger partial charge >= 0.3 is 21.1 Å². The fourth-order valence-electron chi connectivity index (χ4n) is 2.92. The van der Waals surface area contributed by atoms with Crippen LogP contribution in [0.5, 0.6) is 0 Å². The zero-order valence-corrected chi connectivity index (χ0v) is 18.0. The van der Waals surface area contributed by atoms with Crippen molar-refractivity contribution in [3.63, 3.8) is 0 Å². The van der Waals surface area contributed by atoms with Crippen molar-refractivity contribution in [3.05, 3.63) is 95.6 Å². The van der Waals surface area contributed by atoms with Gasteiger partial charge in [0.2, 0.25) is 0 Å². The molecule has 9 heteroatoms. The average molecular weight is 593 g/mol. The van der Waals surface area contributed by atoms with Crippen molar-refractivity contribution in [1.82, 2.24) is 19.6 Å². The van der Waals surface area contributed by atoms with Gasteiger partial charge in [-0.3, -0.25) is 26.9 Å². The summed E-state index contributed by atoms with van der Waals surface area (Å²) < 4.78 is 56.8. The molecule has 2 aromatic heterocycles. The molecule has 4 nitrogen and oxygen atoms in total. The topological polar surface area (TPSA) is 35.6 Å². The van der Waals surface area contributed by atoms with E-state index in [1.165, 1.54) is 21.8 Å². The van der Waals surface area contributed by atoms with Gasteiger partial charge in [0.1, 0.15) is 0 Å². The molecular weight excluding hydrogens is 579 g/mol. The van der Waals surface area contributed by atoms with Gasteiger partial charge in [-0.25, -0.2) is 0 Å². The summed E-state index contributed by atoms with van der Waals surface area (Å²) in [4.78, 5) is 0. The Morgan fingerprint density at radius 2 is 1.17 bits per heavy atom. The first kappa shape index (κ1) is 22.0. The Bertz CT molecular complexity index is 1110. The molecule has 0 radical (unpaired) electrons. The number of hydrogen-bond donors (Lipinski definition) is 0. The second-order valence-corrected chi connectivity index (χ2v) is 6.94. The van der Waals surface area contributed by atoms with Crippen LogP contribution in [0.1, 0.15) is 25.2 Å². The molecular formula is C21H14F4N4Pt. The van der Waals surface area contributed by atoms with Crippen LogP contribution in [0.4, 0.5) is 17.6 Å². The van der Waals surface area contributed by atoms with Crippen molar-refractivity contribution < 1.29 is 38.6 Å². The second kappa shape index (κ2) is 8.18. The molecule has 0 unspecified atom stereocenters. The molecule has 0 bridgehead atoms. The minimum absolute atomic E-state index is 0. The monoisotopic (exact) mass is 593 g/mol. The van der Waals surface area contributed by atoms with E-state index in [1.807, 2.05) is 13.8 Å². The van der Waals surface area contributed by atoms with Gasteiger partial charge in [-0.2, -0.15) is 22.3 Å². The fourth-order valence-corrected chi connectivity index (χ4v) is 2.92. The van der Waals surface area contributed by atoms with E-state index in [9.17, 15) is 17.6 Å². The summed E-state index contributed by atoms with van der Waals surface area (Å²) in [5.74, 6) is -3.03. The van der Waals surface area contributed by atoms with Gasteiger partial charge in [-0.1, -0.05) is 0 Å². The predicted molar refractivity (Wildman–Crippen MR) is 96.8 cm³/mol. The molecule has 2 heterocycles. The van der Waals surface area contributed by atoms with E-state index in [4.69, 9.17) is 0 Å². The third kappa shape index (κ3) is 3.96. The summed E-state index contributed by atoms with van der Waals surface area (Å²) >= 11 is 0. The smallest absolute Gasteiger partial charge is 0.284 e. The number of rotatable bonds is 4. The van der Waals surface area contributed by atoms with Crippen molar-refractivity contribution in [3.8, 4) is 11.4 Å². The molecule has 30 heavy (non-hydrogen) atoms. The Hall–Kier alpha value is -2.73. The van der Waals surface area contributed by atoms with Crippen LogP contribution in [0.2, 0.25) is 0 Å². The molecule has 0 N–H and O–H groups in total. The zero-order chi connectivity index (χ0) is 20.8. The number of aromatic nitrogens is 4. The quantitative estimate of drug-likeness (QED) is 0.258. The minimum atomic E-state index is -0.788. The summed E-state index contributed by atoms with van der Waals surface area (Å²) in [6, 6.07) is 12.0. The first-order valence-electron chi connectivity index (χ1n) is 8.62. The summed E-state index contributed by atoms with van der Waals surface area (Å²) in [6.45, 7) is 3.70. The number of hydrogen-bond acceptors (Lipinski definition) is 2. The molecule has 0 spiro atoms. The van der Waals surface area contributed by atoms with Gasteiger partial charge in [-0.05, 0) is 37.4 Å². The molecule has 0 atom stereocenters. The zero-order valence-electron chi connectivity index (χ0n) is 15.7. The normalized spacial score (nSPS) is 11.4. The Kier molecular flexibility index (Phi) is 5.99. The van der Waals surface area contributed by atoms with Crippen LogP contribution in [0, 0.1) is 35.4 Å². The molecule has 4 aromatic rings. The number of benzene rings is 2. The molecule has 0 aliphatic carbocycles. The van der Waals surface area contributed by atoms with Crippen LogP contribution < -0.4 is 0 Å². The van der Waals surface area contributed by atoms with E-state index in [-0.39, 0.29) is 32.4 Å². The summed E-state index contributed by atoms with van der Waals surface area (Å²) in [6.07, 6.45) is 3.07. The third-order valence-corrected chi connectivity index (χ3v) is 4.59. The standard InChI is InChI=1S/C21H14F4N4.Pt/c1-21(2,19-7-9-28(26-19)17-5-3-13(22)11-15(17)24)20-8-10-29(27-20)18-6-4-14(23)12-16(18)25;/h3-4,7-12H,1-2H3;/q-2;+2. The van der Waals surface area contributed by atoms with Gasteiger partial charge in [0.15, 0.2) is 0 Å². The maximum atomic E-state index is 14.0. The molecule has 0 fully saturated rings. The van der Waals surface area contributed by atoms with Crippen LogP contribution in [0.3, 0.4) is 0 Å². The van der Waals surface area contributed by atoms with Crippen molar-refractivity contribution in [2.45, 2.75) is 19.3 Å². The summed E-state index contributed by atoms with van der Waals surface area (Å²) in [7, 11) is 0. The van der Waals surface area contributed by atoms with E-state index < -0.39 is 28.7 Å². The second-order valence-electron chi connectivity index (χ2n) is 6.94. The predicted octanol–water partition coefficient (Wildman–Crippen LogP) is 4.54. The van der Waals surface area contributed by atoms with Gasteiger partial charge in [0.05, 0.1) is 16.8 Å². The average Bonchev–Trinajstić information content (AvgIpc) is 3.32. The third-order valence-electron chi connectivity index (χ3n) is 4.59. The number of nitrogens with zero attached hydrogens (tertiary/aromatic N) is 4. The van der Waals surface area contributed by atoms with Gasteiger partial charge in [-0.15, -0.1) is 24.3 Å². The molecule has 0 amide bonds. The van der Waals surface area contributed by atoms with Crippen LogP contribution >= 0.6 is 0 Å². The maximum Gasteiger partial charge on any atom is 2.00 e. The van der Waals surface area contributed by atoms with Gasteiger partial charge in [0.25, 0.3) is 0 Å².